The predicted molar refractivity (Wildman–Crippen MR) is 83.9 cm³/mol. The monoisotopic (exact) mass is 303 g/mol. The highest BCUT2D eigenvalue weighted by Crippen LogP contribution is 2.11. The zero-order valence-corrected chi connectivity index (χ0v) is 12.4. The molecule has 110 valence electrons. The summed E-state index contributed by atoms with van der Waals surface area (Å²) < 4.78 is 0. The third-order valence-corrected chi connectivity index (χ3v) is 3.91. The van der Waals surface area contributed by atoms with Crippen molar-refractivity contribution in [1.29, 1.82) is 0 Å². The highest BCUT2D eigenvalue weighted by molar-refractivity contribution is 7.09. The summed E-state index contributed by atoms with van der Waals surface area (Å²) in [5.41, 5.74) is 6.59. The molecular weight excluding hydrogens is 286 g/mol. The van der Waals surface area contributed by atoms with E-state index in [-0.39, 0.29) is 17.8 Å². The van der Waals surface area contributed by atoms with Crippen molar-refractivity contribution in [3.63, 3.8) is 0 Å². The molecule has 4 N–H and O–H groups in total. The van der Waals surface area contributed by atoms with Crippen LogP contribution in [0, 0.1) is 0 Å². The van der Waals surface area contributed by atoms with Gasteiger partial charge in [-0.15, -0.1) is 11.3 Å². The average Bonchev–Trinajstić information content (AvgIpc) is 2.99. The van der Waals surface area contributed by atoms with Crippen molar-refractivity contribution < 1.29 is 10.0 Å². The number of oxime groups is 1. The summed E-state index contributed by atoms with van der Waals surface area (Å²) in [5.74, 6) is -0.113. The topological polar surface area (TPSA) is 87.7 Å². The maximum absolute atomic E-state index is 12.1. The number of benzene rings is 1. The van der Waals surface area contributed by atoms with Crippen LogP contribution < -0.4 is 11.1 Å². The standard InChI is InChI=1S/C15H17N3O2S/c1-10(9-13-3-2-8-21-13)17-15(19)12-6-4-11(5-7-12)14(16)18-20/h2-8,10,20H,9H2,1H3,(H2,16,18)(H,17,19). The van der Waals surface area contributed by atoms with Gasteiger partial charge in [0.05, 0.1) is 0 Å². The first-order chi connectivity index (χ1) is 10.1. The number of rotatable bonds is 5. The number of carbonyl (C=O) groups is 1. The van der Waals surface area contributed by atoms with E-state index in [1.54, 1.807) is 35.6 Å². The van der Waals surface area contributed by atoms with E-state index in [4.69, 9.17) is 10.9 Å². The van der Waals surface area contributed by atoms with Crippen LogP contribution in [0.5, 0.6) is 0 Å². The molecule has 21 heavy (non-hydrogen) atoms. The van der Waals surface area contributed by atoms with Crippen LogP contribution in [0.4, 0.5) is 0 Å². The smallest absolute Gasteiger partial charge is 0.251 e. The van der Waals surface area contributed by atoms with Gasteiger partial charge in [0.1, 0.15) is 0 Å². The Hall–Kier alpha value is -2.34. The molecule has 2 aromatic rings. The lowest BCUT2D eigenvalue weighted by Crippen LogP contribution is -2.33. The number of amidine groups is 1. The minimum atomic E-state index is -0.134. The first-order valence-corrected chi connectivity index (χ1v) is 7.39. The molecule has 0 aliphatic rings. The van der Waals surface area contributed by atoms with Crippen LogP contribution in [0.3, 0.4) is 0 Å². The van der Waals surface area contributed by atoms with E-state index in [2.05, 4.69) is 16.5 Å². The number of hydrogen-bond acceptors (Lipinski definition) is 4. The Morgan fingerprint density at radius 2 is 2.00 bits per heavy atom. The molecule has 2 rings (SSSR count). The predicted octanol–water partition coefficient (Wildman–Crippen LogP) is 2.20. The van der Waals surface area contributed by atoms with Crippen molar-refractivity contribution >= 4 is 23.1 Å². The Morgan fingerprint density at radius 3 is 2.57 bits per heavy atom. The van der Waals surface area contributed by atoms with Gasteiger partial charge >= 0.3 is 0 Å². The normalized spacial score (nSPS) is 12.9. The van der Waals surface area contributed by atoms with Crippen molar-refractivity contribution in [3.05, 3.63) is 57.8 Å². The Bertz CT molecular complexity index is 621. The molecule has 1 aromatic heterocycles. The molecule has 1 unspecified atom stereocenters. The van der Waals surface area contributed by atoms with Gasteiger partial charge in [0, 0.05) is 28.5 Å². The molecule has 1 atom stereocenters. The molecule has 0 fully saturated rings. The fourth-order valence-electron chi connectivity index (χ4n) is 1.94. The largest absolute Gasteiger partial charge is 0.409 e. The summed E-state index contributed by atoms with van der Waals surface area (Å²) in [4.78, 5) is 13.4. The number of carbonyl (C=O) groups excluding carboxylic acids is 1. The lowest BCUT2D eigenvalue weighted by Gasteiger charge is -2.13. The van der Waals surface area contributed by atoms with Gasteiger partial charge in [-0.05, 0) is 30.5 Å². The Kier molecular flexibility index (Phi) is 4.94. The fourth-order valence-corrected chi connectivity index (χ4v) is 2.77. The highest BCUT2D eigenvalue weighted by atomic mass is 32.1. The maximum atomic E-state index is 12.1. The quantitative estimate of drug-likeness (QED) is 0.342. The molecule has 0 saturated heterocycles. The minimum Gasteiger partial charge on any atom is -0.409 e. The van der Waals surface area contributed by atoms with E-state index in [0.29, 0.717) is 11.1 Å². The molecule has 0 spiro atoms. The molecule has 0 radical (unpaired) electrons. The van der Waals surface area contributed by atoms with E-state index in [9.17, 15) is 4.79 Å². The van der Waals surface area contributed by atoms with Gasteiger partial charge in [-0.25, -0.2) is 0 Å². The van der Waals surface area contributed by atoms with Crippen LogP contribution in [0.1, 0.15) is 27.7 Å². The molecule has 5 nitrogen and oxygen atoms in total. The summed E-state index contributed by atoms with van der Waals surface area (Å²) in [6, 6.07) is 10.7. The van der Waals surface area contributed by atoms with Gasteiger partial charge in [-0.2, -0.15) is 0 Å². The average molecular weight is 303 g/mol. The van der Waals surface area contributed by atoms with Crippen molar-refractivity contribution in [3.8, 4) is 0 Å². The van der Waals surface area contributed by atoms with E-state index in [0.717, 1.165) is 6.42 Å². The van der Waals surface area contributed by atoms with Gasteiger partial charge < -0.3 is 16.3 Å². The number of nitrogens with one attached hydrogen (secondary N) is 1. The first kappa shape index (κ1) is 15.1. The second-order valence-corrected chi connectivity index (χ2v) is 5.75. The molecule has 0 bridgehead atoms. The summed E-state index contributed by atoms with van der Waals surface area (Å²) >= 11 is 1.68. The lowest BCUT2D eigenvalue weighted by molar-refractivity contribution is 0.0940. The van der Waals surface area contributed by atoms with Gasteiger partial charge in [0.15, 0.2) is 5.84 Å². The maximum Gasteiger partial charge on any atom is 0.251 e. The zero-order valence-electron chi connectivity index (χ0n) is 11.6. The van der Waals surface area contributed by atoms with Crippen LogP contribution >= 0.6 is 11.3 Å². The van der Waals surface area contributed by atoms with Crippen molar-refractivity contribution in [1.82, 2.24) is 5.32 Å². The number of nitrogens with zero attached hydrogens (tertiary/aromatic N) is 1. The minimum absolute atomic E-state index is 0.0213. The Labute approximate surface area is 127 Å². The summed E-state index contributed by atoms with van der Waals surface area (Å²) in [7, 11) is 0. The molecule has 0 aliphatic carbocycles. The van der Waals surface area contributed by atoms with Gasteiger partial charge in [0.25, 0.3) is 5.91 Å². The summed E-state index contributed by atoms with van der Waals surface area (Å²) in [5, 5.41) is 16.5. The first-order valence-electron chi connectivity index (χ1n) is 6.51. The lowest BCUT2D eigenvalue weighted by atomic mass is 10.1. The fraction of sp³-hybridized carbons (Fsp3) is 0.200. The summed E-state index contributed by atoms with van der Waals surface area (Å²) in [6.07, 6.45) is 0.811. The third-order valence-electron chi connectivity index (χ3n) is 3.02. The molecule has 0 aliphatic heterocycles. The molecule has 1 amide bonds. The molecule has 1 aromatic carbocycles. The van der Waals surface area contributed by atoms with Gasteiger partial charge in [-0.3, -0.25) is 4.79 Å². The summed E-state index contributed by atoms with van der Waals surface area (Å²) in [6.45, 7) is 1.97. The number of nitrogens with two attached hydrogens (primary N) is 1. The number of thiophene rings is 1. The molecular formula is C15H17N3O2S. The third kappa shape index (κ3) is 4.06. The molecule has 1 heterocycles. The van der Waals surface area contributed by atoms with Crippen LogP contribution in [-0.2, 0) is 6.42 Å². The number of amides is 1. The van der Waals surface area contributed by atoms with Crippen molar-refractivity contribution in [2.24, 2.45) is 10.9 Å². The van der Waals surface area contributed by atoms with Crippen LogP contribution in [0.2, 0.25) is 0 Å². The second kappa shape index (κ2) is 6.90. The van der Waals surface area contributed by atoms with E-state index < -0.39 is 0 Å². The zero-order chi connectivity index (χ0) is 15.2. The molecule has 6 heteroatoms. The van der Waals surface area contributed by atoms with Crippen LogP contribution in [0.15, 0.2) is 46.9 Å². The van der Waals surface area contributed by atoms with Crippen LogP contribution in [0.25, 0.3) is 0 Å². The second-order valence-electron chi connectivity index (χ2n) is 4.72. The van der Waals surface area contributed by atoms with E-state index in [1.807, 2.05) is 18.4 Å². The van der Waals surface area contributed by atoms with Crippen LogP contribution in [-0.4, -0.2) is 23.0 Å². The van der Waals surface area contributed by atoms with Crippen molar-refractivity contribution in [2.75, 3.05) is 0 Å². The van der Waals surface area contributed by atoms with Gasteiger partial charge in [0.2, 0.25) is 0 Å². The highest BCUT2D eigenvalue weighted by Gasteiger charge is 2.11. The Balaban J connectivity index is 1.96. The van der Waals surface area contributed by atoms with E-state index in [1.165, 1.54) is 4.88 Å². The molecule has 0 saturated carbocycles. The number of hydrogen-bond donors (Lipinski definition) is 3. The van der Waals surface area contributed by atoms with E-state index >= 15 is 0 Å². The Morgan fingerprint density at radius 1 is 1.33 bits per heavy atom. The SMILES string of the molecule is CC(Cc1cccs1)NC(=O)c1ccc(C(N)=NO)cc1. The van der Waals surface area contributed by atoms with Crippen molar-refractivity contribution in [2.45, 2.75) is 19.4 Å². The van der Waals surface area contributed by atoms with Gasteiger partial charge in [-0.1, -0.05) is 23.4 Å².